The molecule has 0 aliphatic carbocycles. The number of pyridine rings is 1. The molecule has 108 valence electrons. The first kappa shape index (κ1) is 14.2. The minimum Gasteiger partial charge on any atom is -0.306 e. The maximum Gasteiger partial charge on any atom is 0.0705 e. The molecule has 0 radical (unpaired) electrons. The van der Waals surface area contributed by atoms with E-state index in [0.29, 0.717) is 0 Å². The van der Waals surface area contributed by atoms with Gasteiger partial charge in [-0.2, -0.15) is 0 Å². The maximum atomic E-state index is 4.48. The highest BCUT2D eigenvalue weighted by molar-refractivity contribution is 7.12. The molecule has 0 amide bonds. The number of hydrogen-bond donors (Lipinski definition) is 1. The SMILES string of the molecule is CCNC(c1cc(C)c(C)s1)c1cccc2ncccc12. The highest BCUT2D eigenvalue weighted by atomic mass is 32.1. The molecule has 0 saturated heterocycles. The molecule has 2 heterocycles. The predicted octanol–water partition coefficient (Wildman–Crippen LogP) is 4.61. The summed E-state index contributed by atoms with van der Waals surface area (Å²) in [6.07, 6.45) is 1.85. The minimum absolute atomic E-state index is 0.236. The summed E-state index contributed by atoms with van der Waals surface area (Å²) in [4.78, 5) is 7.25. The molecule has 1 N–H and O–H groups in total. The van der Waals surface area contributed by atoms with Crippen molar-refractivity contribution in [2.24, 2.45) is 0 Å². The zero-order chi connectivity index (χ0) is 14.8. The number of aryl methyl sites for hydroxylation is 2. The van der Waals surface area contributed by atoms with Gasteiger partial charge in [-0.05, 0) is 49.7 Å². The third kappa shape index (κ3) is 2.71. The van der Waals surface area contributed by atoms with Crippen molar-refractivity contribution in [3.05, 3.63) is 63.5 Å². The van der Waals surface area contributed by atoms with Crippen molar-refractivity contribution in [1.82, 2.24) is 10.3 Å². The van der Waals surface area contributed by atoms with Gasteiger partial charge in [-0.15, -0.1) is 11.3 Å². The van der Waals surface area contributed by atoms with Crippen molar-refractivity contribution < 1.29 is 0 Å². The van der Waals surface area contributed by atoms with Crippen LogP contribution in [-0.4, -0.2) is 11.5 Å². The zero-order valence-corrected chi connectivity index (χ0v) is 13.5. The lowest BCUT2D eigenvalue weighted by Gasteiger charge is -2.19. The summed E-state index contributed by atoms with van der Waals surface area (Å²) in [5, 5.41) is 4.86. The van der Waals surface area contributed by atoms with Gasteiger partial charge in [0, 0.05) is 21.3 Å². The first-order valence-corrected chi connectivity index (χ1v) is 8.16. The van der Waals surface area contributed by atoms with Gasteiger partial charge in [0.2, 0.25) is 0 Å². The molecule has 2 nitrogen and oxygen atoms in total. The summed E-state index contributed by atoms with van der Waals surface area (Å²) in [7, 11) is 0. The van der Waals surface area contributed by atoms with Gasteiger partial charge in [0.1, 0.15) is 0 Å². The van der Waals surface area contributed by atoms with Crippen molar-refractivity contribution in [3.8, 4) is 0 Å². The fourth-order valence-electron chi connectivity index (χ4n) is 2.69. The number of thiophene rings is 1. The van der Waals surface area contributed by atoms with Gasteiger partial charge in [-0.1, -0.05) is 25.1 Å². The number of benzene rings is 1. The Morgan fingerprint density at radius 2 is 2.05 bits per heavy atom. The second-order valence-electron chi connectivity index (χ2n) is 5.30. The van der Waals surface area contributed by atoms with Crippen LogP contribution in [0.2, 0.25) is 0 Å². The molecule has 0 aliphatic heterocycles. The minimum atomic E-state index is 0.236. The van der Waals surface area contributed by atoms with E-state index in [2.05, 4.69) is 61.4 Å². The average Bonchev–Trinajstić information content (AvgIpc) is 2.84. The third-order valence-corrected chi connectivity index (χ3v) is 5.09. The molecule has 0 bridgehead atoms. The molecule has 2 aromatic heterocycles. The molecular formula is C18H20N2S. The van der Waals surface area contributed by atoms with E-state index in [9.17, 15) is 0 Å². The Kier molecular flexibility index (Phi) is 4.04. The van der Waals surface area contributed by atoms with Crippen LogP contribution in [0.25, 0.3) is 10.9 Å². The summed E-state index contributed by atoms with van der Waals surface area (Å²) in [5.41, 5.74) is 3.74. The van der Waals surface area contributed by atoms with E-state index >= 15 is 0 Å². The van der Waals surface area contributed by atoms with E-state index in [0.717, 1.165) is 12.1 Å². The van der Waals surface area contributed by atoms with Crippen molar-refractivity contribution in [3.63, 3.8) is 0 Å². The van der Waals surface area contributed by atoms with Crippen molar-refractivity contribution in [1.29, 1.82) is 0 Å². The lowest BCUT2D eigenvalue weighted by atomic mass is 9.99. The van der Waals surface area contributed by atoms with Gasteiger partial charge < -0.3 is 5.32 Å². The van der Waals surface area contributed by atoms with E-state index in [1.165, 1.54) is 26.3 Å². The summed E-state index contributed by atoms with van der Waals surface area (Å²) in [5.74, 6) is 0. The van der Waals surface area contributed by atoms with Crippen LogP contribution in [0.5, 0.6) is 0 Å². The molecule has 3 heteroatoms. The number of nitrogens with zero attached hydrogens (tertiary/aromatic N) is 1. The highest BCUT2D eigenvalue weighted by Gasteiger charge is 2.18. The number of hydrogen-bond acceptors (Lipinski definition) is 3. The van der Waals surface area contributed by atoms with E-state index in [1.807, 2.05) is 23.6 Å². The Hall–Kier alpha value is -1.71. The number of aromatic nitrogens is 1. The number of rotatable bonds is 4. The van der Waals surface area contributed by atoms with Gasteiger partial charge in [0.15, 0.2) is 0 Å². The molecule has 1 atom stereocenters. The Balaban J connectivity index is 2.15. The van der Waals surface area contributed by atoms with Crippen LogP contribution >= 0.6 is 11.3 Å². The van der Waals surface area contributed by atoms with Crippen LogP contribution in [0.1, 0.15) is 33.8 Å². The van der Waals surface area contributed by atoms with Crippen LogP contribution < -0.4 is 5.32 Å². The molecule has 21 heavy (non-hydrogen) atoms. The summed E-state index contributed by atoms with van der Waals surface area (Å²) >= 11 is 1.88. The first-order valence-electron chi connectivity index (χ1n) is 7.34. The lowest BCUT2D eigenvalue weighted by molar-refractivity contribution is 0.643. The molecule has 1 aromatic carbocycles. The molecule has 0 spiro atoms. The van der Waals surface area contributed by atoms with Crippen LogP contribution in [0.3, 0.4) is 0 Å². The average molecular weight is 296 g/mol. The molecule has 3 rings (SSSR count). The highest BCUT2D eigenvalue weighted by Crippen LogP contribution is 2.33. The third-order valence-electron chi connectivity index (χ3n) is 3.87. The predicted molar refractivity (Wildman–Crippen MR) is 91.1 cm³/mol. The summed E-state index contributed by atoms with van der Waals surface area (Å²) in [6, 6.07) is 13.1. The largest absolute Gasteiger partial charge is 0.306 e. The van der Waals surface area contributed by atoms with Gasteiger partial charge in [0.25, 0.3) is 0 Å². The van der Waals surface area contributed by atoms with Crippen LogP contribution in [0.15, 0.2) is 42.6 Å². The molecule has 0 fully saturated rings. The summed E-state index contributed by atoms with van der Waals surface area (Å²) in [6.45, 7) is 7.47. The van der Waals surface area contributed by atoms with E-state index in [1.54, 1.807) is 0 Å². The van der Waals surface area contributed by atoms with Crippen molar-refractivity contribution >= 4 is 22.2 Å². The fourth-order valence-corrected chi connectivity index (χ4v) is 3.83. The second kappa shape index (κ2) is 5.96. The summed E-state index contributed by atoms with van der Waals surface area (Å²) < 4.78 is 0. The van der Waals surface area contributed by atoms with Crippen molar-refractivity contribution in [2.45, 2.75) is 26.8 Å². The zero-order valence-electron chi connectivity index (χ0n) is 12.7. The van der Waals surface area contributed by atoms with Crippen LogP contribution in [0, 0.1) is 13.8 Å². The van der Waals surface area contributed by atoms with Gasteiger partial charge in [-0.25, -0.2) is 0 Å². The first-order chi connectivity index (χ1) is 10.2. The van der Waals surface area contributed by atoms with E-state index in [-0.39, 0.29) is 6.04 Å². The normalized spacial score (nSPS) is 12.7. The molecule has 3 aromatic rings. The second-order valence-corrected chi connectivity index (χ2v) is 6.58. The van der Waals surface area contributed by atoms with Crippen molar-refractivity contribution in [2.75, 3.05) is 6.54 Å². The Morgan fingerprint density at radius 1 is 1.19 bits per heavy atom. The monoisotopic (exact) mass is 296 g/mol. The Bertz CT molecular complexity index is 736. The Morgan fingerprint density at radius 3 is 2.76 bits per heavy atom. The van der Waals surface area contributed by atoms with Gasteiger partial charge in [-0.3, -0.25) is 4.98 Å². The quantitative estimate of drug-likeness (QED) is 0.760. The maximum absolute atomic E-state index is 4.48. The van der Waals surface area contributed by atoms with Gasteiger partial charge >= 0.3 is 0 Å². The molecular weight excluding hydrogens is 276 g/mol. The molecule has 0 saturated carbocycles. The molecule has 0 aliphatic rings. The van der Waals surface area contributed by atoms with Crippen LogP contribution in [-0.2, 0) is 0 Å². The van der Waals surface area contributed by atoms with E-state index in [4.69, 9.17) is 0 Å². The van der Waals surface area contributed by atoms with Gasteiger partial charge in [0.05, 0.1) is 11.6 Å². The fraction of sp³-hybridized carbons (Fsp3) is 0.278. The molecule has 1 unspecified atom stereocenters. The topological polar surface area (TPSA) is 24.9 Å². The lowest BCUT2D eigenvalue weighted by Crippen LogP contribution is -2.21. The Labute approximate surface area is 129 Å². The number of nitrogens with one attached hydrogen (secondary N) is 1. The van der Waals surface area contributed by atoms with E-state index < -0.39 is 0 Å². The smallest absolute Gasteiger partial charge is 0.0705 e. The number of fused-ring (bicyclic) bond motifs is 1. The standard InChI is InChI=1S/C18H20N2S/c1-4-19-18(17-11-12(2)13(3)21-17)15-7-5-9-16-14(15)8-6-10-20-16/h5-11,18-19H,4H2,1-3H3. The van der Waals surface area contributed by atoms with Crippen LogP contribution in [0.4, 0.5) is 0 Å².